The minimum atomic E-state index is -0.0319. The Hall–Kier alpha value is -1.25. The molecule has 66 valence electrons. The van der Waals surface area contributed by atoms with Gasteiger partial charge in [0.1, 0.15) is 0 Å². The lowest BCUT2D eigenvalue weighted by Gasteiger charge is -2.17. The predicted molar refractivity (Wildman–Crippen MR) is 50.9 cm³/mol. The molecule has 1 N–H and O–H groups in total. The van der Waals surface area contributed by atoms with E-state index in [0.717, 1.165) is 16.9 Å². The molecule has 0 aliphatic rings. The molecule has 12 heavy (non-hydrogen) atoms. The number of aromatic nitrogens is 1. The van der Waals surface area contributed by atoms with Gasteiger partial charge in [0, 0.05) is 25.9 Å². The van der Waals surface area contributed by atoms with Gasteiger partial charge in [-0.25, -0.2) is 0 Å². The summed E-state index contributed by atoms with van der Waals surface area (Å²) in [5.41, 5.74) is 3.00. The Bertz CT molecular complexity index is 313. The Labute approximate surface area is 72.0 Å². The summed E-state index contributed by atoms with van der Waals surface area (Å²) in [6.45, 7) is 3.85. The van der Waals surface area contributed by atoms with Crippen molar-refractivity contribution in [3.8, 4) is 0 Å². The number of hydrogen-bond donors (Lipinski definition) is 1. The fourth-order valence-corrected chi connectivity index (χ4v) is 1.53. The number of nitrogens with zero attached hydrogens (tertiary/aromatic N) is 1. The van der Waals surface area contributed by atoms with Crippen molar-refractivity contribution < 1.29 is 0 Å². The van der Waals surface area contributed by atoms with Gasteiger partial charge in [-0.05, 0) is 19.4 Å². The number of aryl methyl sites for hydroxylation is 2. The Morgan fingerprint density at radius 3 is 2.33 bits per heavy atom. The molecule has 0 saturated carbocycles. The molecule has 1 heterocycles. The highest BCUT2D eigenvalue weighted by Crippen LogP contribution is 2.17. The van der Waals surface area contributed by atoms with Crippen LogP contribution in [-0.4, -0.2) is 19.1 Å². The van der Waals surface area contributed by atoms with E-state index in [9.17, 15) is 4.79 Å². The van der Waals surface area contributed by atoms with Gasteiger partial charge in [-0.15, -0.1) is 0 Å². The second-order valence-electron chi connectivity index (χ2n) is 3.18. The maximum atomic E-state index is 11.0. The van der Waals surface area contributed by atoms with Crippen LogP contribution in [0.1, 0.15) is 11.3 Å². The number of H-pyrrole nitrogens is 1. The van der Waals surface area contributed by atoms with Crippen LogP contribution in [0.3, 0.4) is 0 Å². The molecule has 3 heteroatoms. The lowest BCUT2D eigenvalue weighted by Crippen LogP contribution is -2.17. The molecule has 0 radical (unpaired) electrons. The summed E-state index contributed by atoms with van der Waals surface area (Å²) in [4.78, 5) is 15.8. The molecule has 0 bridgehead atoms. The number of nitrogens with one attached hydrogen (secondary N) is 1. The third-order valence-corrected chi connectivity index (χ3v) is 1.83. The van der Waals surface area contributed by atoms with Gasteiger partial charge in [0.05, 0.1) is 5.69 Å². The highest BCUT2D eigenvalue weighted by molar-refractivity contribution is 5.54. The predicted octanol–water partition coefficient (Wildman–Crippen LogP) is 1.06. The van der Waals surface area contributed by atoms with Gasteiger partial charge in [0.15, 0.2) is 0 Å². The van der Waals surface area contributed by atoms with Crippen LogP contribution in [0.15, 0.2) is 10.9 Å². The van der Waals surface area contributed by atoms with Gasteiger partial charge in [-0.2, -0.15) is 0 Å². The van der Waals surface area contributed by atoms with Gasteiger partial charge in [0.2, 0.25) is 5.56 Å². The first-order chi connectivity index (χ1) is 5.52. The minimum absolute atomic E-state index is 0.0319. The fraction of sp³-hybridized carbons (Fsp3) is 0.444. The van der Waals surface area contributed by atoms with Crippen molar-refractivity contribution in [1.29, 1.82) is 0 Å². The first-order valence-corrected chi connectivity index (χ1v) is 3.90. The molecule has 1 aromatic rings. The molecule has 3 nitrogen and oxygen atoms in total. The van der Waals surface area contributed by atoms with Gasteiger partial charge in [0.25, 0.3) is 0 Å². The normalized spacial score (nSPS) is 10.0. The summed E-state index contributed by atoms with van der Waals surface area (Å²) in [6.07, 6.45) is 0. The van der Waals surface area contributed by atoms with Gasteiger partial charge < -0.3 is 9.88 Å². The van der Waals surface area contributed by atoms with E-state index in [1.165, 1.54) is 0 Å². The number of aromatic amines is 1. The van der Waals surface area contributed by atoms with Crippen molar-refractivity contribution in [2.45, 2.75) is 13.8 Å². The van der Waals surface area contributed by atoms with Crippen LogP contribution in [0, 0.1) is 13.8 Å². The van der Waals surface area contributed by atoms with E-state index in [-0.39, 0.29) is 5.56 Å². The quantitative estimate of drug-likeness (QED) is 0.677. The van der Waals surface area contributed by atoms with Crippen molar-refractivity contribution in [3.63, 3.8) is 0 Å². The number of rotatable bonds is 1. The van der Waals surface area contributed by atoms with Crippen LogP contribution in [0.2, 0.25) is 0 Å². The highest BCUT2D eigenvalue weighted by Gasteiger charge is 2.04. The first kappa shape index (κ1) is 8.84. The van der Waals surface area contributed by atoms with Crippen LogP contribution in [0.4, 0.5) is 5.69 Å². The van der Waals surface area contributed by atoms with Crippen molar-refractivity contribution in [1.82, 2.24) is 4.98 Å². The monoisotopic (exact) mass is 166 g/mol. The second-order valence-corrected chi connectivity index (χ2v) is 3.18. The van der Waals surface area contributed by atoms with Crippen molar-refractivity contribution >= 4 is 5.69 Å². The Kier molecular flexibility index (Phi) is 2.22. The molecular weight excluding hydrogens is 152 g/mol. The van der Waals surface area contributed by atoms with Crippen LogP contribution in [-0.2, 0) is 0 Å². The largest absolute Gasteiger partial charge is 0.376 e. The zero-order valence-corrected chi connectivity index (χ0v) is 7.93. The molecule has 0 fully saturated rings. The summed E-state index contributed by atoms with van der Waals surface area (Å²) < 4.78 is 0. The molecule has 1 aromatic heterocycles. The van der Waals surface area contributed by atoms with E-state index in [1.54, 1.807) is 6.07 Å². The molecule has 0 amide bonds. The van der Waals surface area contributed by atoms with Crippen LogP contribution >= 0.6 is 0 Å². The zero-order chi connectivity index (χ0) is 9.30. The second kappa shape index (κ2) is 3.01. The average Bonchev–Trinajstić information content (AvgIpc) is 1.82. The topological polar surface area (TPSA) is 36.1 Å². The van der Waals surface area contributed by atoms with E-state index in [0.29, 0.717) is 0 Å². The smallest absolute Gasteiger partial charge is 0.248 e. The molecule has 0 aliphatic heterocycles. The standard InChI is InChI=1S/C9H14N2O/c1-6-5-8(12)10-7(2)9(6)11(3)4/h5H,1-4H3,(H,10,12). The third kappa shape index (κ3) is 1.49. The molecule has 0 spiro atoms. The third-order valence-electron chi connectivity index (χ3n) is 1.83. The molecular formula is C9H14N2O. The van der Waals surface area contributed by atoms with Gasteiger partial charge in [-0.3, -0.25) is 4.79 Å². The summed E-state index contributed by atoms with van der Waals surface area (Å²) in [5.74, 6) is 0. The first-order valence-electron chi connectivity index (χ1n) is 3.90. The van der Waals surface area contributed by atoms with E-state index in [2.05, 4.69) is 4.98 Å². The number of pyridine rings is 1. The van der Waals surface area contributed by atoms with E-state index >= 15 is 0 Å². The summed E-state index contributed by atoms with van der Waals surface area (Å²) in [7, 11) is 3.93. The number of hydrogen-bond acceptors (Lipinski definition) is 2. The molecule has 1 rings (SSSR count). The molecule has 0 aromatic carbocycles. The Balaban J connectivity index is 3.38. The zero-order valence-electron chi connectivity index (χ0n) is 7.93. The van der Waals surface area contributed by atoms with Gasteiger partial charge in [-0.1, -0.05) is 0 Å². The Morgan fingerprint density at radius 2 is 1.92 bits per heavy atom. The van der Waals surface area contributed by atoms with Crippen molar-refractivity contribution in [2.75, 3.05) is 19.0 Å². The van der Waals surface area contributed by atoms with Crippen LogP contribution < -0.4 is 10.5 Å². The summed E-state index contributed by atoms with van der Waals surface area (Å²) in [5, 5.41) is 0. The van der Waals surface area contributed by atoms with Crippen molar-refractivity contribution in [3.05, 3.63) is 27.7 Å². The minimum Gasteiger partial charge on any atom is -0.376 e. The van der Waals surface area contributed by atoms with E-state index < -0.39 is 0 Å². The van der Waals surface area contributed by atoms with E-state index in [4.69, 9.17) is 0 Å². The lowest BCUT2D eigenvalue weighted by molar-refractivity contribution is 1.03. The molecule has 0 atom stereocenters. The summed E-state index contributed by atoms with van der Waals surface area (Å²) >= 11 is 0. The van der Waals surface area contributed by atoms with Crippen LogP contribution in [0.25, 0.3) is 0 Å². The maximum absolute atomic E-state index is 11.0. The van der Waals surface area contributed by atoms with Gasteiger partial charge >= 0.3 is 0 Å². The average molecular weight is 166 g/mol. The molecule has 0 aliphatic carbocycles. The SMILES string of the molecule is Cc1cc(=O)[nH]c(C)c1N(C)C. The fourth-order valence-electron chi connectivity index (χ4n) is 1.53. The maximum Gasteiger partial charge on any atom is 0.248 e. The Morgan fingerprint density at radius 1 is 1.33 bits per heavy atom. The lowest BCUT2D eigenvalue weighted by atomic mass is 10.2. The summed E-state index contributed by atoms with van der Waals surface area (Å²) in [6, 6.07) is 1.61. The van der Waals surface area contributed by atoms with E-state index in [1.807, 2.05) is 32.8 Å². The number of anilines is 1. The van der Waals surface area contributed by atoms with Crippen LogP contribution in [0.5, 0.6) is 0 Å². The highest BCUT2D eigenvalue weighted by atomic mass is 16.1. The molecule has 0 unspecified atom stereocenters. The molecule has 0 saturated heterocycles. The van der Waals surface area contributed by atoms with Crippen molar-refractivity contribution in [2.24, 2.45) is 0 Å².